The summed E-state index contributed by atoms with van der Waals surface area (Å²) >= 11 is 0. The first kappa shape index (κ1) is 14.7. The number of para-hydroxylation sites is 1. The Kier molecular flexibility index (Phi) is 3.93. The molecule has 1 aromatic carbocycles. The highest BCUT2D eigenvalue weighted by Crippen LogP contribution is 2.21. The molecule has 1 aliphatic heterocycles. The highest BCUT2D eigenvalue weighted by molar-refractivity contribution is 7.91. The second kappa shape index (κ2) is 5.88. The Morgan fingerprint density at radius 1 is 1.27 bits per heavy atom. The minimum absolute atomic E-state index is 0.120. The quantitative estimate of drug-likeness (QED) is 0.907. The van der Waals surface area contributed by atoms with Gasteiger partial charge in [-0.3, -0.25) is 0 Å². The molecule has 116 valence electrons. The van der Waals surface area contributed by atoms with Crippen molar-refractivity contribution in [3.63, 3.8) is 0 Å². The van der Waals surface area contributed by atoms with Gasteiger partial charge in [0.05, 0.1) is 17.7 Å². The predicted octanol–water partition coefficient (Wildman–Crippen LogP) is 1.24. The summed E-state index contributed by atoms with van der Waals surface area (Å²) in [6.45, 7) is 0. The predicted molar refractivity (Wildman–Crippen MR) is 85.0 cm³/mol. The molecule has 2 heterocycles. The number of rotatable bonds is 4. The minimum Gasteiger partial charge on any atom is -0.349 e. The van der Waals surface area contributed by atoms with Gasteiger partial charge in [-0.2, -0.15) is 10.1 Å². The van der Waals surface area contributed by atoms with E-state index in [0.717, 1.165) is 5.69 Å². The van der Waals surface area contributed by atoms with E-state index in [1.807, 2.05) is 42.3 Å². The zero-order valence-electron chi connectivity index (χ0n) is 12.2. The summed E-state index contributed by atoms with van der Waals surface area (Å²) in [5.41, 5.74) is 0.984. The fourth-order valence-electron chi connectivity index (χ4n) is 2.39. The zero-order valence-corrected chi connectivity index (χ0v) is 13.0. The lowest BCUT2D eigenvalue weighted by Gasteiger charge is -2.18. The van der Waals surface area contributed by atoms with Crippen LogP contribution in [-0.4, -0.2) is 48.2 Å². The topological polar surface area (TPSA) is 88.1 Å². The van der Waals surface area contributed by atoms with Gasteiger partial charge in [0, 0.05) is 18.8 Å². The van der Waals surface area contributed by atoms with Crippen LogP contribution < -0.4 is 10.2 Å². The van der Waals surface area contributed by atoms with Crippen LogP contribution in [0.25, 0.3) is 0 Å². The third-order valence-electron chi connectivity index (χ3n) is 3.60. The lowest BCUT2D eigenvalue weighted by molar-refractivity contribution is 0.602. The van der Waals surface area contributed by atoms with E-state index >= 15 is 0 Å². The molecule has 3 rings (SSSR count). The number of benzene rings is 1. The molecule has 1 N–H and O–H groups in total. The molecule has 1 fully saturated rings. The van der Waals surface area contributed by atoms with E-state index < -0.39 is 9.84 Å². The van der Waals surface area contributed by atoms with Crippen LogP contribution in [0, 0.1) is 0 Å². The SMILES string of the molecule is CN(c1ccccc1)c1cnnc(NC2CCS(=O)(=O)C2)n1. The van der Waals surface area contributed by atoms with Crippen molar-refractivity contribution >= 4 is 27.3 Å². The zero-order chi connectivity index (χ0) is 15.6. The molecule has 1 unspecified atom stereocenters. The van der Waals surface area contributed by atoms with Crippen LogP contribution in [0.4, 0.5) is 17.5 Å². The highest BCUT2D eigenvalue weighted by Gasteiger charge is 2.28. The fourth-order valence-corrected chi connectivity index (χ4v) is 4.07. The van der Waals surface area contributed by atoms with Crippen LogP contribution in [0.2, 0.25) is 0 Å². The summed E-state index contributed by atoms with van der Waals surface area (Å²) in [5, 5.41) is 10.9. The molecule has 8 heteroatoms. The highest BCUT2D eigenvalue weighted by atomic mass is 32.2. The Labute approximate surface area is 129 Å². The van der Waals surface area contributed by atoms with E-state index in [9.17, 15) is 8.42 Å². The maximum Gasteiger partial charge on any atom is 0.244 e. The number of hydrogen-bond acceptors (Lipinski definition) is 7. The molecule has 1 saturated heterocycles. The Bertz CT molecular complexity index is 751. The second-order valence-corrected chi connectivity index (χ2v) is 7.51. The minimum atomic E-state index is -2.93. The number of nitrogens with zero attached hydrogens (tertiary/aromatic N) is 4. The Morgan fingerprint density at radius 2 is 2.05 bits per heavy atom. The van der Waals surface area contributed by atoms with E-state index in [1.54, 1.807) is 6.20 Å². The molecule has 7 nitrogen and oxygen atoms in total. The molecule has 22 heavy (non-hydrogen) atoms. The van der Waals surface area contributed by atoms with E-state index in [1.165, 1.54) is 0 Å². The van der Waals surface area contributed by atoms with Crippen LogP contribution in [0.3, 0.4) is 0 Å². The molecule has 1 atom stereocenters. The van der Waals surface area contributed by atoms with Gasteiger partial charge in [-0.25, -0.2) is 8.42 Å². The summed E-state index contributed by atoms with van der Waals surface area (Å²) in [5.74, 6) is 1.32. The van der Waals surface area contributed by atoms with Gasteiger partial charge in [0.25, 0.3) is 0 Å². The van der Waals surface area contributed by atoms with Gasteiger partial charge in [0.15, 0.2) is 15.7 Å². The van der Waals surface area contributed by atoms with E-state index in [-0.39, 0.29) is 17.5 Å². The third-order valence-corrected chi connectivity index (χ3v) is 5.37. The van der Waals surface area contributed by atoms with Crippen LogP contribution in [-0.2, 0) is 9.84 Å². The first-order valence-electron chi connectivity index (χ1n) is 6.99. The maximum atomic E-state index is 11.5. The molecular weight excluding hydrogens is 302 g/mol. The van der Waals surface area contributed by atoms with Gasteiger partial charge >= 0.3 is 0 Å². The lowest BCUT2D eigenvalue weighted by Crippen LogP contribution is -2.23. The van der Waals surface area contributed by atoms with Crippen LogP contribution in [0.5, 0.6) is 0 Å². The molecule has 0 aliphatic carbocycles. The van der Waals surface area contributed by atoms with Crippen molar-refractivity contribution in [3.8, 4) is 0 Å². The van der Waals surface area contributed by atoms with Gasteiger partial charge in [0.1, 0.15) is 0 Å². The summed E-state index contributed by atoms with van der Waals surface area (Å²) in [7, 11) is -1.04. The molecule has 0 amide bonds. The van der Waals surface area contributed by atoms with Crippen molar-refractivity contribution < 1.29 is 8.42 Å². The molecule has 0 spiro atoms. The standard InChI is InChI=1S/C14H17N5O2S/c1-19(12-5-3-2-4-6-12)13-9-15-18-14(17-13)16-11-7-8-22(20,21)10-11/h2-6,9,11H,7-8,10H2,1H3,(H,16,17,18). The number of aromatic nitrogens is 3. The van der Waals surface area contributed by atoms with Crippen molar-refractivity contribution in [1.82, 2.24) is 15.2 Å². The monoisotopic (exact) mass is 319 g/mol. The van der Waals surface area contributed by atoms with Crippen LogP contribution in [0.15, 0.2) is 36.5 Å². The van der Waals surface area contributed by atoms with Gasteiger partial charge < -0.3 is 10.2 Å². The fraction of sp³-hybridized carbons (Fsp3) is 0.357. The number of sulfone groups is 1. The molecule has 0 bridgehead atoms. The van der Waals surface area contributed by atoms with Gasteiger partial charge in [-0.15, -0.1) is 5.10 Å². The smallest absolute Gasteiger partial charge is 0.244 e. The Hall–Kier alpha value is -2.22. The van der Waals surface area contributed by atoms with Crippen molar-refractivity contribution in [3.05, 3.63) is 36.5 Å². The first-order chi connectivity index (χ1) is 10.5. The number of hydrogen-bond donors (Lipinski definition) is 1. The summed E-state index contributed by atoms with van der Waals surface area (Å²) in [6.07, 6.45) is 2.15. The average molecular weight is 319 g/mol. The first-order valence-corrected chi connectivity index (χ1v) is 8.81. The summed E-state index contributed by atoms with van der Waals surface area (Å²) in [4.78, 5) is 6.30. The molecular formula is C14H17N5O2S. The molecule has 1 aromatic heterocycles. The van der Waals surface area contributed by atoms with E-state index in [0.29, 0.717) is 18.2 Å². The average Bonchev–Trinajstić information content (AvgIpc) is 2.86. The number of anilines is 3. The van der Waals surface area contributed by atoms with Crippen LogP contribution >= 0.6 is 0 Å². The molecule has 2 aromatic rings. The Morgan fingerprint density at radius 3 is 2.73 bits per heavy atom. The van der Waals surface area contributed by atoms with Crippen molar-refractivity contribution in [2.45, 2.75) is 12.5 Å². The Balaban J connectivity index is 1.76. The molecule has 0 saturated carbocycles. The lowest BCUT2D eigenvalue weighted by atomic mass is 10.3. The van der Waals surface area contributed by atoms with Crippen molar-refractivity contribution in [2.75, 3.05) is 28.8 Å². The molecule has 1 aliphatic rings. The van der Waals surface area contributed by atoms with E-state index in [4.69, 9.17) is 0 Å². The van der Waals surface area contributed by atoms with Crippen molar-refractivity contribution in [1.29, 1.82) is 0 Å². The van der Waals surface area contributed by atoms with Crippen LogP contribution in [0.1, 0.15) is 6.42 Å². The van der Waals surface area contributed by atoms with Gasteiger partial charge in [-0.05, 0) is 18.6 Å². The normalized spacial score (nSPS) is 19.8. The van der Waals surface area contributed by atoms with Gasteiger partial charge in [-0.1, -0.05) is 18.2 Å². The molecule has 0 radical (unpaired) electrons. The van der Waals surface area contributed by atoms with E-state index in [2.05, 4.69) is 20.5 Å². The number of nitrogens with one attached hydrogen (secondary N) is 1. The summed E-state index contributed by atoms with van der Waals surface area (Å²) in [6, 6.07) is 9.64. The van der Waals surface area contributed by atoms with Gasteiger partial charge in [0.2, 0.25) is 5.95 Å². The largest absolute Gasteiger partial charge is 0.349 e. The second-order valence-electron chi connectivity index (χ2n) is 5.28. The maximum absolute atomic E-state index is 11.5. The summed E-state index contributed by atoms with van der Waals surface area (Å²) < 4.78 is 23.0. The third kappa shape index (κ3) is 3.33. The van der Waals surface area contributed by atoms with Crippen molar-refractivity contribution in [2.24, 2.45) is 0 Å².